The molecule has 0 spiro atoms. The highest BCUT2D eigenvalue weighted by Crippen LogP contribution is 2.22. The first kappa shape index (κ1) is 18.1. The maximum absolute atomic E-state index is 12.8. The number of nitrogens with one attached hydrogen (secondary N) is 2. The minimum Gasteiger partial charge on any atom is -0.394 e. The molecule has 0 fully saturated rings. The van der Waals surface area contributed by atoms with Gasteiger partial charge in [0.1, 0.15) is 0 Å². The van der Waals surface area contributed by atoms with Gasteiger partial charge in [0, 0.05) is 16.8 Å². The van der Waals surface area contributed by atoms with E-state index in [1.165, 1.54) is 6.21 Å². The van der Waals surface area contributed by atoms with E-state index >= 15 is 0 Å². The molecule has 1 amide bonds. The number of hydrogen-bond acceptors (Lipinski definition) is 3. The minimum absolute atomic E-state index is 0.162. The molecule has 3 aromatic rings. The van der Waals surface area contributed by atoms with E-state index in [4.69, 9.17) is 17.0 Å². The van der Waals surface area contributed by atoms with Crippen LogP contribution < -0.4 is 5.32 Å². The molecule has 5 heteroatoms. The lowest BCUT2D eigenvalue weighted by Gasteiger charge is -2.17. The first-order chi connectivity index (χ1) is 12.6. The molecule has 0 heterocycles. The Kier molecular flexibility index (Phi) is 5.66. The summed E-state index contributed by atoms with van der Waals surface area (Å²) in [5.74, 6) is -0.245. The van der Waals surface area contributed by atoms with Crippen molar-refractivity contribution in [2.45, 2.75) is 12.5 Å². The number of aliphatic hydroxyl groups is 1. The summed E-state index contributed by atoms with van der Waals surface area (Å²) < 4.78 is 0. The molecule has 4 nitrogen and oxygen atoms in total. The molecule has 3 N–H and O–H groups in total. The van der Waals surface area contributed by atoms with Crippen LogP contribution in [0.4, 0.5) is 0 Å². The van der Waals surface area contributed by atoms with Crippen molar-refractivity contribution in [1.29, 1.82) is 5.41 Å². The third-order valence-electron chi connectivity index (χ3n) is 4.31. The molecule has 0 saturated heterocycles. The average Bonchev–Trinajstić information content (AvgIpc) is 2.68. The van der Waals surface area contributed by atoms with Gasteiger partial charge in [-0.3, -0.25) is 4.79 Å². The first-order valence-electron chi connectivity index (χ1n) is 8.30. The predicted molar refractivity (Wildman–Crippen MR) is 105 cm³/mol. The van der Waals surface area contributed by atoms with Crippen LogP contribution in [0.25, 0.3) is 10.8 Å². The second kappa shape index (κ2) is 8.13. The van der Waals surface area contributed by atoms with Gasteiger partial charge in [-0.15, -0.1) is 0 Å². The van der Waals surface area contributed by atoms with Crippen LogP contribution >= 0.6 is 11.6 Å². The molecular formula is C21H19ClN2O2. The van der Waals surface area contributed by atoms with E-state index in [0.717, 1.165) is 21.9 Å². The van der Waals surface area contributed by atoms with Crippen molar-refractivity contribution in [3.63, 3.8) is 0 Å². The van der Waals surface area contributed by atoms with Gasteiger partial charge in [-0.1, -0.05) is 54.1 Å². The summed E-state index contributed by atoms with van der Waals surface area (Å²) in [7, 11) is 0. The molecule has 0 saturated carbocycles. The van der Waals surface area contributed by atoms with Gasteiger partial charge in [-0.05, 0) is 46.5 Å². The number of benzene rings is 3. The molecule has 26 heavy (non-hydrogen) atoms. The lowest BCUT2D eigenvalue weighted by Crippen LogP contribution is -2.39. The van der Waals surface area contributed by atoms with E-state index in [1.807, 2.05) is 36.4 Å². The molecule has 0 aliphatic carbocycles. The van der Waals surface area contributed by atoms with Crippen molar-refractivity contribution >= 4 is 34.5 Å². The number of halogens is 1. The second-order valence-electron chi connectivity index (χ2n) is 6.08. The van der Waals surface area contributed by atoms with E-state index < -0.39 is 6.04 Å². The number of aliphatic hydroxyl groups excluding tert-OH is 1. The summed E-state index contributed by atoms with van der Waals surface area (Å²) in [6.07, 6.45) is 1.79. The number of fused-ring (bicyclic) bond motifs is 1. The Balaban J connectivity index is 1.83. The summed E-state index contributed by atoms with van der Waals surface area (Å²) in [6.45, 7) is -0.162. The van der Waals surface area contributed by atoms with Crippen molar-refractivity contribution in [3.05, 3.63) is 82.4 Å². The van der Waals surface area contributed by atoms with Crippen LogP contribution in [0.2, 0.25) is 5.02 Å². The monoisotopic (exact) mass is 366 g/mol. The van der Waals surface area contributed by atoms with E-state index in [9.17, 15) is 9.90 Å². The number of carbonyl (C=O) groups is 1. The summed E-state index contributed by atoms with van der Waals surface area (Å²) in [5.41, 5.74) is 2.27. The van der Waals surface area contributed by atoms with E-state index in [2.05, 4.69) is 5.32 Å². The third-order valence-corrected chi connectivity index (χ3v) is 4.56. The van der Waals surface area contributed by atoms with Gasteiger partial charge < -0.3 is 15.8 Å². The zero-order chi connectivity index (χ0) is 18.5. The van der Waals surface area contributed by atoms with Crippen LogP contribution in [-0.2, 0) is 6.42 Å². The fourth-order valence-corrected chi connectivity index (χ4v) is 3.10. The van der Waals surface area contributed by atoms with Gasteiger partial charge in [0.15, 0.2) is 0 Å². The van der Waals surface area contributed by atoms with E-state index in [-0.39, 0.29) is 12.5 Å². The number of amides is 1. The Morgan fingerprint density at radius 3 is 2.42 bits per heavy atom. The van der Waals surface area contributed by atoms with Gasteiger partial charge in [-0.2, -0.15) is 0 Å². The number of carbonyl (C=O) groups excluding carboxylic acids is 1. The van der Waals surface area contributed by atoms with Crippen LogP contribution in [0.1, 0.15) is 21.5 Å². The predicted octanol–water partition coefficient (Wildman–Crippen LogP) is 3.82. The fourth-order valence-electron chi connectivity index (χ4n) is 2.98. The van der Waals surface area contributed by atoms with Crippen molar-refractivity contribution in [3.8, 4) is 0 Å². The topological polar surface area (TPSA) is 73.2 Å². The third kappa shape index (κ3) is 3.93. The lowest BCUT2D eigenvalue weighted by molar-refractivity contribution is 0.0918. The van der Waals surface area contributed by atoms with Crippen LogP contribution in [0.5, 0.6) is 0 Å². The van der Waals surface area contributed by atoms with Gasteiger partial charge in [0.2, 0.25) is 0 Å². The molecule has 132 valence electrons. The zero-order valence-electron chi connectivity index (χ0n) is 14.1. The number of hydrogen-bond donors (Lipinski definition) is 3. The summed E-state index contributed by atoms with van der Waals surface area (Å²) in [5, 5.41) is 22.4. The quantitative estimate of drug-likeness (QED) is 0.580. The van der Waals surface area contributed by atoms with Gasteiger partial charge in [-0.25, -0.2) is 0 Å². The Hall–Kier alpha value is -2.69. The highest BCUT2D eigenvalue weighted by molar-refractivity contribution is 6.30. The highest BCUT2D eigenvalue weighted by atomic mass is 35.5. The molecule has 0 aliphatic heterocycles. The Morgan fingerprint density at radius 2 is 1.77 bits per heavy atom. The van der Waals surface area contributed by atoms with Crippen LogP contribution in [0.15, 0.2) is 60.7 Å². The normalized spacial score (nSPS) is 11.9. The molecule has 0 bridgehead atoms. The summed E-state index contributed by atoms with van der Waals surface area (Å²) in [4.78, 5) is 12.8. The van der Waals surface area contributed by atoms with Crippen LogP contribution in [-0.4, -0.2) is 29.9 Å². The Morgan fingerprint density at radius 1 is 1.08 bits per heavy atom. The first-order valence-corrected chi connectivity index (χ1v) is 8.68. The van der Waals surface area contributed by atoms with Gasteiger partial charge >= 0.3 is 0 Å². The van der Waals surface area contributed by atoms with Crippen LogP contribution in [0, 0.1) is 5.41 Å². The lowest BCUT2D eigenvalue weighted by atomic mass is 9.99. The molecule has 0 radical (unpaired) electrons. The molecule has 3 aromatic carbocycles. The standard InChI is InChI=1S/C21H19ClN2O2/c22-16-8-5-14(6-9-16)11-17(13-25)24-21(26)20-10-7-15(12-23)18-3-1-2-4-19(18)20/h1-10,12,17,23,25H,11,13H2,(H,24,26). The molecule has 0 aromatic heterocycles. The Labute approximate surface area is 156 Å². The van der Waals surface area contributed by atoms with Crippen molar-refractivity contribution in [2.75, 3.05) is 6.61 Å². The average molecular weight is 367 g/mol. The molecular weight excluding hydrogens is 348 g/mol. The van der Waals surface area contributed by atoms with Crippen molar-refractivity contribution in [1.82, 2.24) is 5.32 Å². The SMILES string of the molecule is N=Cc1ccc(C(=O)NC(CO)Cc2ccc(Cl)cc2)c2ccccc12. The fraction of sp³-hybridized carbons (Fsp3) is 0.143. The maximum atomic E-state index is 12.8. The van der Waals surface area contributed by atoms with Gasteiger partial charge in [0.25, 0.3) is 5.91 Å². The summed E-state index contributed by atoms with van der Waals surface area (Å²) >= 11 is 5.89. The van der Waals surface area contributed by atoms with Crippen LogP contribution in [0.3, 0.4) is 0 Å². The number of rotatable bonds is 6. The maximum Gasteiger partial charge on any atom is 0.252 e. The Bertz CT molecular complexity index is 938. The van der Waals surface area contributed by atoms with E-state index in [0.29, 0.717) is 17.0 Å². The minimum atomic E-state index is -0.398. The molecule has 3 rings (SSSR count). The van der Waals surface area contributed by atoms with Gasteiger partial charge in [0.05, 0.1) is 12.6 Å². The van der Waals surface area contributed by atoms with E-state index in [1.54, 1.807) is 24.3 Å². The highest BCUT2D eigenvalue weighted by Gasteiger charge is 2.16. The van der Waals surface area contributed by atoms with Crippen molar-refractivity contribution in [2.24, 2.45) is 0 Å². The van der Waals surface area contributed by atoms with Crippen molar-refractivity contribution < 1.29 is 9.90 Å². The smallest absolute Gasteiger partial charge is 0.252 e. The molecule has 1 atom stereocenters. The zero-order valence-corrected chi connectivity index (χ0v) is 14.8. The molecule has 1 unspecified atom stereocenters. The summed E-state index contributed by atoms with van der Waals surface area (Å²) in [6, 6.07) is 17.9. The second-order valence-corrected chi connectivity index (χ2v) is 6.51. The molecule has 0 aliphatic rings. The largest absolute Gasteiger partial charge is 0.394 e.